The number of aromatic amines is 1. The van der Waals surface area contributed by atoms with Crippen molar-refractivity contribution in [3.05, 3.63) is 84.7 Å². The number of carbonyl (C=O) groups is 1. The highest BCUT2D eigenvalue weighted by atomic mass is 32.2. The van der Waals surface area contributed by atoms with Gasteiger partial charge in [0.2, 0.25) is 5.91 Å². The highest BCUT2D eigenvalue weighted by molar-refractivity contribution is 7.99. The van der Waals surface area contributed by atoms with Crippen LogP contribution in [-0.4, -0.2) is 41.2 Å². The third-order valence-electron chi connectivity index (χ3n) is 5.78. The summed E-state index contributed by atoms with van der Waals surface area (Å²) in [6, 6.07) is 25.4. The fourth-order valence-electron chi connectivity index (χ4n) is 4.09. The summed E-state index contributed by atoms with van der Waals surface area (Å²) in [5, 5.41) is 13.4. The minimum Gasteiger partial charge on any atom is -0.346 e. The van der Waals surface area contributed by atoms with E-state index in [1.54, 1.807) is 0 Å². The van der Waals surface area contributed by atoms with E-state index >= 15 is 0 Å². The van der Waals surface area contributed by atoms with Gasteiger partial charge in [0.25, 0.3) is 0 Å². The molecule has 0 fully saturated rings. The van der Waals surface area contributed by atoms with Gasteiger partial charge in [0.15, 0.2) is 10.8 Å². The molecule has 0 saturated heterocycles. The molecule has 6 aromatic rings. The van der Waals surface area contributed by atoms with E-state index in [4.69, 9.17) is 4.98 Å². The second-order valence-electron chi connectivity index (χ2n) is 8.18. The fraction of sp³-hybridized carbons (Fsp3) is 0.115. The van der Waals surface area contributed by atoms with Gasteiger partial charge in [-0.25, -0.2) is 9.97 Å². The van der Waals surface area contributed by atoms with E-state index < -0.39 is 0 Å². The number of benzene rings is 3. The molecule has 9 heteroatoms. The van der Waals surface area contributed by atoms with Crippen molar-refractivity contribution >= 4 is 45.3 Å². The minimum atomic E-state index is -0.254. The second kappa shape index (κ2) is 8.84. The summed E-state index contributed by atoms with van der Waals surface area (Å²) >= 11 is 1.33. The van der Waals surface area contributed by atoms with E-state index in [9.17, 15) is 4.79 Å². The van der Waals surface area contributed by atoms with Crippen molar-refractivity contribution in [1.82, 2.24) is 34.9 Å². The molecule has 0 spiro atoms. The van der Waals surface area contributed by atoms with Crippen molar-refractivity contribution < 1.29 is 4.79 Å². The van der Waals surface area contributed by atoms with Gasteiger partial charge in [0.05, 0.1) is 28.3 Å². The van der Waals surface area contributed by atoms with Crippen LogP contribution in [0.3, 0.4) is 0 Å². The van der Waals surface area contributed by atoms with Gasteiger partial charge in [0.1, 0.15) is 11.6 Å². The average Bonchev–Trinajstić information content (AvgIpc) is 3.52. The van der Waals surface area contributed by atoms with Crippen LogP contribution in [0.2, 0.25) is 0 Å². The smallest absolute Gasteiger partial charge is 0.231 e. The van der Waals surface area contributed by atoms with Crippen LogP contribution in [0.1, 0.15) is 18.8 Å². The van der Waals surface area contributed by atoms with Crippen molar-refractivity contribution in [2.45, 2.75) is 18.1 Å². The SMILES string of the molecule is C[C@@H](NC(=O)CSc1nnc2c3ccccc3nc(-c3ccccc3)n12)c1nc2ccccc2[nH]1. The zero-order valence-corrected chi connectivity index (χ0v) is 19.7. The Kier molecular flexibility index (Phi) is 5.38. The zero-order chi connectivity index (χ0) is 23.8. The lowest BCUT2D eigenvalue weighted by Gasteiger charge is -2.12. The Bertz CT molecular complexity index is 1640. The molecule has 0 bridgehead atoms. The number of carbonyl (C=O) groups excluding carboxylic acids is 1. The maximum Gasteiger partial charge on any atom is 0.231 e. The summed E-state index contributed by atoms with van der Waals surface area (Å²) in [7, 11) is 0. The number of amides is 1. The van der Waals surface area contributed by atoms with Crippen molar-refractivity contribution in [3.8, 4) is 11.4 Å². The molecule has 3 heterocycles. The summed E-state index contributed by atoms with van der Waals surface area (Å²) in [5.74, 6) is 1.53. The monoisotopic (exact) mass is 479 g/mol. The van der Waals surface area contributed by atoms with Crippen LogP contribution >= 0.6 is 11.8 Å². The molecule has 172 valence electrons. The standard InChI is InChI=1S/C26H21N7OS/c1-16(23-28-20-13-7-8-14-21(20)29-23)27-22(34)15-35-26-32-31-25-18-11-5-6-12-19(18)30-24(33(25)26)17-9-3-2-4-10-17/h2-14,16H,15H2,1H3,(H,27,34)(H,28,29)/t16-/m1/s1. The van der Waals surface area contributed by atoms with E-state index in [1.165, 1.54) is 11.8 Å². The van der Waals surface area contributed by atoms with Crippen molar-refractivity contribution in [2.24, 2.45) is 0 Å². The van der Waals surface area contributed by atoms with E-state index in [0.29, 0.717) is 10.8 Å². The van der Waals surface area contributed by atoms with Gasteiger partial charge in [-0.15, -0.1) is 10.2 Å². The lowest BCUT2D eigenvalue weighted by molar-refractivity contribution is -0.119. The highest BCUT2D eigenvalue weighted by Crippen LogP contribution is 2.29. The first-order valence-electron chi connectivity index (χ1n) is 11.2. The molecule has 0 saturated carbocycles. The highest BCUT2D eigenvalue weighted by Gasteiger charge is 2.19. The van der Waals surface area contributed by atoms with Gasteiger partial charge in [-0.2, -0.15) is 0 Å². The third kappa shape index (κ3) is 4.00. The first kappa shape index (κ1) is 21.3. The lowest BCUT2D eigenvalue weighted by atomic mass is 10.2. The van der Waals surface area contributed by atoms with Crippen molar-refractivity contribution in [2.75, 3.05) is 5.75 Å². The molecule has 1 atom stereocenters. The molecule has 0 radical (unpaired) electrons. The van der Waals surface area contributed by atoms with Crippen LogP contribution in [0.15, 0.2) is 84.0 Å². The van der Waals surface area contributed by atoms with Gasteiger partial charge in [-0.1, -0.05) is 66.4 Å². The summed E-state index contributed by atoms with van der Waals surface area (Å²) in [6.45, 7) is 1.91. The number of nitrogens with zero attached hydrogens (tertiary/aromatic N) is 5. The largest absolute Gasteiger partial charge is 0.346 e. The van der Waals surface area contributed by atoms with E-state index in [1.807, 2.05) is 90.2 Å². The first-order valence-corrected chi connectivity index (χ1v) is 12.2. The van der Waals surface area contributed by atoms with E-state index in [0.717, 1.165) is 39.1 Å². The molecule has 0 aliphatic carbocycles. The first-order chi connectivity index (χ1) is 17.2. The van der Waals surface area contributed by atoms with Crippen LogP contribution in [0.25, 0.3) is 39.0 Å². The van der Waals surface area contributed by atoms with Crippen LogP contribution in [-0.2, 0) is 4.79 Å². The summed E-state index contributed by atoms with van der Waals surface area (Å²) < 4.78 is 1.93. The molecule has 6 rings (SSSR count). The van der Waals surface area contributed by atoms with Crippen LogP contribution in [0, 0.1) is 0 Å². The third-order valence-corrected chi connectivity index (χ3v) is 6.71. The number of para-hydroxylation sites is 3. The average molecular weight is 480 g/mol. The number of hydrogen-bond acceptors (Lipinski definition) is 6. The molecule has 2 N–H and O–H groups in total. The maximum atomic E-state index is 12.8. The van der Waals surface area contributed by atoms with Gasteiger partial charge < -0.3 is 10.3 Å². The predicted octanol–water partition coefficient (Wildman–Crippen LogP) is 4.79. The number of imidazole rings is 1. The summed E-state index contributed by atoms with van der Waals surface area (Å²) in [6.07, 6.45) is 0. The maximum absolute atomic E-state index is 12.8. The summed E-state index contributed by atoms with van der Waals surface area (Å²) in [5.41, 5.74) is 4.34. The van der Waals surface area contributed by atoms with E-state index in [2.05, 4.69) is 25.5 Å². The number of aromatic nitrogens is 6. The predicted molar refractivity (Wildman–Crippen MR) is 137 cm³/mol. The number of hydrogen-bond donors (Lipinski definition) is 2. The number of H-pyrrole nitrogens is 1. The number of nitrogens with one attached hydrogen (secondary N) is 2. The lowest BCUT2D eigenvalue weighted by Crippen LogP contribution is -2.28. The molecule has 3 aromatic heterocycles. The second-order valence-corrected chi connectivity index (χ2v) is 9.12. The molecule has 0 unspecified atom stereocenters. The zero-order valence-electron chi connectivity index (χ0n) is 18.8. The van der Waals surface area contributed by atoms with Gasteiger partial charge in [-0.05, 0) is 31.2 Å². The Morgan fingerprint density at radius 2 is 1.69 bits per heavy atom. The Labute approximate surface area is 204 Å². The Morgan fingerprint density at radius 3 is 2.51 bits per heavy atom. The summed E-state index contributed by atoms with van der Waals surface area (Å²) in [4.78, 5) is 25.5. The molecule has 35 heavy (non-hydrogen) atoms. The quantitative estimate of drug-likeness (QED) is 0.333. The van der Waals surface area contributed by atoms with Crippen LogP contribution < -0.4 is 5.32 Å². The normalized spacial score (nSPS) is 12.4. The molecular formula is C26H21N7OS. The Balaban J connectivity index is 1.27. The topological polar surface area (TPSA) is 101 Å². The van der Waals surface area contributed by atoms with E-state index in [-0.39, 0.29) is 17.7 Å². The minimum absolute atomic E-state index is 0.116. The molecule has 3 aromatic carbocycles. The van der Waals surface area contributed by atoms with Crippen molar-refractivity contribution in [1.29, 1.82) is 0 Å². The Hall–Kier alpha value is -4.24. The number of rotatable bonds is 6. The van der Waals surface area contributed by atoms with Crippen LogP contribution in [0.5, 0.6) is 0 Å². The van der Waals surface area contributed by atoms with Gasteiger partial charge >= 0.3 is 0 Å². The molecule has 0 aliphatic rings. The molecular weight excluding hydrogens is 458 g/mol. The number of fused-ring (bicyclic) bond motifs is 4. The number of thioether (sulfide) groups is 1. The van der Waals surface area contributed by atoms with Crippen molar-refractivity contribution in [3.63, 3.8) is 0 Å². The molecule has 1 amide bonds. The Morgan fingerprint density at radius 1 is 0.943 bits per heavy atom. The van der Waals surface area contributed by atoms with Gasteiger partial charge in [-0.3, -0.25) is 9.20 Å². The fourth-order valence-corrected chi connectivity index (χ4v) is 4.84. The van der Waals surface area contributed by atoms with Crippen LogP contribution in [0.4, 0.5) is 0 Å². The molecule has 8 nitrogen and oxygen atoms in total. The molecule has 0 aliphatic heterocycles. The van der Waals surface area contributed by atoms with Gasteiger partial charge in [0, 0.05) is 10.9 Å².